The molecule has 0 saturated heterocycles. The lowest BCUT2D eigenvalue weighted by atomic mass is 10.2. The number of halogens is 2. The topological polar surface area (TPSA) is 75.1 Å². The van der Waals surface area contributed by atoms with Gasteiger partial charge < -0.3 is 9.73 Å². The minimum absolute atomic E-state index is 0.279. The van der Waals surface area contributed by atoms with Crippen LogP contribution in [-0.4, -0.2) is 10.9 Å². The van der Waals surface area contributed by atoms with Crippen molar-refractivity contribution in [1.82, 2.24) is 4.98 Å². The van der Waals surface area contributed by atoms with Crippen LogP contribution >= 0.6 is 34.2 Å². The molecule has 3 aromatic rings. The van der Waals surface area contributed by atoms with Crippen molar-refractivity contribution in [2.24, 2.45) is 0 Å². The molecular formula is C14H8ClIN2O3. The van der Waals surface area contributed by atoms with Crippen molar-refractivity contribution >= 4 is 56.9 Å². The molecule has 0 atom stereocenters. The lowest BCUT2D eigenvalue weighted by Gasteiger charge is -2.06. The van der Waals surface area contributed by atoms with Crippen molar-refractivity contribution in [2.75, 3.05) is 5.32 Å². The molecule has 106 valence electrons. The van der Waals surface area contributed by atoms with Crippen LogP contribution in [0.3, 0.4) is 0 Å². The summed E-state index contributed by atoms with van der Waals surface area (Å²) in [6.07, 6.45) is 0. The minimum atomic E-state index is -0.530. The Morgan fingerprint density at radius 3 is 2.81 bits per heavy atom. The van der Waals surface area contributed by atoms with Crippen molar-refractivity contribution in [1.29, 1.82) is 0 Å². The number of aromatic amines is 1. The van der Waals surface area contributed by atoms with Crippen molar-refractivity contribution in [3.05, 3.63) is 61.1 Å². The summed E-state index contributed by atoms with van der Waals surface area (Å²) in [5, 5.41) is 3.27. The summed E-state index contributed by atoms with van der Waals surface area (Å²) in [5.41, 5.74) is 1.98. The Balaban J connectivity index is 1.88. The maximum atomic E-state index is 12.2. The number of H-pyrrole nitrogens is 1. The average molecular weight is 415 g/mol. The highest BCUT2D eigenvalue weighted by Gasteiger charge is 2.09. The van der Waals surface area contributed by atoms with Crippen LogP contribution in [0.1, 0.15) is 10.4 Å². The maximum absolute atomic E-state index is 12.2. The van der Waals surface area contributed by atoms with Crippen LogP contribution < -0.4 is 11.1 Å². The van der Waals surface area contributed by atoms with Gasteiger partial charge in [0.25, 0.3) is 5.91 Å². The maximum Gasteiger partial charge on any atom is 0.417 e. The molecule has 0 aliphatic rings. The molecule has 21 heavy (non-hydrogen) atoms. The second kappa shape index (κ2) is 5.53. The molecule has 0 aliphatic heterocycles. The zero-order valence-electron chi connectivity index (χ0n) is 10.4. The van der Waals surface area contributed by atoms with E-state index in [1.165, 1.54) is 0 Å². The number of rotatable bonds is 2. The Bertz CT molecular complexity index is 901. The molecule has 1 amide bonds. The van der Waals surface area contributed by atoms with Crippen LogP contribution in [0.5, 0.6) is 0 Å². The fourth-order valence-corrected chi connectivity index (χ4v) is 2.39. The number of carbonyl (C=O) groups excluding carboxylic acids is 1. The highest BCUT2D eigenvalue weighted by Crippen LogP contribution is 2.21. The van der Waals surface area contributed by atoms with E-state index in [9.17, 15) is 9.59 Å². The quantitative estimate of drug-likeness (QED) is 0.629. The number of nitrogens with one attached hydrogen (secondary N) is 2. The lowest BCUT2D eigenvalue weighted by molar-refractivity contribution is 0.102. The number of carbonyl (C=O) groups is 1. The Morgan fingerprint density at radius 2 is 2.05 bits per heavy atom. The Kier molecular flexibility index (Phi) is 3.73. The van der Waals surface area contributed by atoms with Gasteiger partial charge in [-0.15, -0.1) is 0 Å². The molecule has 0 unspecified atom stereocenters. The number of amides is 1. The largest absolute Gasteiger partial charge is 0.417 e. The Labute approximate surface area is 137 Å². The van der Waals surface area contributed by atoms with Gasteiger partial charge in [0.15, 0.2) is 5.58 Å². The Hall–Kier alpha value is -1.80. The number of anilines is 1. The summed E-state index contributed by atoms with van der Waals surface area (Å²) < 4.78 is 5.78. The zero-order valence-corrected chi connectivity index (χ0v) is 13.4. The summed E-state index contributed by atoms with van der Waals surface area (Å²) >= 11 is 8.09. The lowest BCUT2D eigenvalue weighted by Crippen LogP contribution is -2.11. The molecule has 1 aromatic heterocycles. The summed E-state index contributed by atoms with van der Waals surface area (Å²) in [7, 11) is 0. The first-order valence-corrected chi connectivity index (χ1v) is 7.38. The number of hydrogen-bond donors (Lipinski definition) is 2. The molecule has 0 saturated carbocycles. The molecule has 2 aromatic carbocycles. The molecule has 3 rings (SSSR count). The van der Waals surface area contributed by atoms with Gasteiger partial charge in [0.1, 0.15) is 0 Å². The molecular weight excluding hydrogens is 407 g/mol. The van der Waals surface area contributed by atoms with E-state index in [1.54, 1.807) is 36.4 Å². The number of oxazole rings is 1. The van der Waals surface area contributed by atoms with Crippen LogP contribution in [0.4, 0.5) is 5.69 Å². The normalized spacial score (nSPS) is 10.8. The van der Waals surface area contributed by atoms with Gasteiger partial charge in [-0.05, 0) is 59.0 Å². The van der Waals surface area contributed by atoms with Crippen LogP contribution in [0.2, 0.25) is 5.02 Å². The van der Waals surface area contributed by atoms with Crippen LogP contribution in [0, 0.1) is 3.57 Å². The van der Waals surface area contributed by atoms with E-state index in [2.05, 4.69) is 32.9 Å². The Morgan fingerprint density at radius 1 is 1.24 bits per heavy atom. The van der Waals surface area contributed by atoms with Gasteiger partial charge in [0.2, 0.25) is 0 Å². The molecule has 2 N–H and O–H groups in total. The smallest absolute Gasteiger partial charge is 0.408 e. The summed E-state index contributed by atoms with van der Waals surface area (Å²) in [6, 6.07) is 9.98. The van der Waals surface area contributed by atoms with Gasteiger partial charge in [-0.3, -0.25) is 9.78 Å². The third-order valence-corrected chi connectivity index (χ3v) is 4.43. The summed E-state index contributed by atoms with van der Waals surface area (Å²) in [6.45, 7) is 0. The molecule has 0 radical (unpaired) electrons. The fraction of sp³-hybridized carbons (Fsp3) is 0. The highest BCUT2D eigenvalue weighted by molar-refractivity contribution is 14.1. The predicted molar refractivity (Wildman–Crippen MR) is 89.0 cm³/mol. The number of hydrogen-bond acceptors (Lipinski definition) is 3. The number of fused-ring (bicyclic) bond motifs is 1. The summed E-state index contributed by atoms with van der Waals surface area (Å²) in [5.74, 6) is -0.809. The molecule has 7 heteroatoms. The van der Waals surface area contributed by atoms with E-state index in [1.807, 2.05) is 0 Å². The van der Waals surface area contributed by atoms with Gasteiger partial charge in [-0.2, -0.15) is 0 Å². The molecule has 0 fully saturated rings. The van der Waals surface area contributed by atoms with Crippen molar-refractivity contribution in [3.63, 3.8) is 0 Å². The number of aromatic nitrogens is 1. The van der Waals surface area contributed by atoms with E-state index in [4.69, 9.17) is 16.0 Å². The van der Waals surface area contributed by atoms with Crippen molar-refractivity contribution < 1.29 is 9.21 Å². The fourth-order valence-electron chi connectivity index (χ4n) is 1.87. The predicted octanol–water partition coefficient (Wildman–Crippen LogP) is 3.63. The molecule has 0 spiro atoms. The zero-order chi connectivity index (χ0) is 15.0. The molecule has 1 heterocycles. The van der Waals surface area contributed by atoms with E-state index < -0.39 is 5.76 Å². The van der Waals surface area contributed by atoms with Crippen molar-refractivity contribution in [2.45, 2.75) is 0 Å². The number of benzene rings is 2. The van der Waals surface area contributed by atoms with Gasteiger partial charge in [0.05, 0.1) is 10.5 Å². The third kappa shape index (κ3) is 2.96. The third-order valence-electron chi connectivity index (χ3n) is 2.86. The minimum Gasteiger partial charge on any atom is -0.408 e. The monoisotopic (exact) mass is 414 g/mol. The first-order valence-electron chi connectivity index (χ1n) is 5.92. The van der Waals surface area contributed by atoms with Crippen LogP contribution in [0.15, 0.2) is 45.6 Å². The second-order valence-electron chi connectivity index (χ2n) is 4.31. The van der Waals surface area contributed by atoms with E-state index >= 15 is 0 Å². The van der Waals surface area contributed by atoms with Gasteiger partial charge >= 0.3 is 5.76 Å². The van der Waals surface area contributed by atoms with E-state index in [-0.39, 0.29) is 5.91 Å². The standard InChI is InChI=1S/C14H8ClIN2O3/c15-9-5-7(1-3-10(9)16)13(19)17-8-2-4-12-11(6-8)18-14(20)21-12/h1-6H,(H,17,19)(H,18,20). The van der Waals surface area contributed by atoms with Gasteiger partial charge in [-0.1, -0.05) is 11.6 Å². The highest BCUT2D eigenvalue weighted by atomic mass is 127. The van der Waals surface area contributed by atoms with E-state index in [0.29, 0.717) is 27.4 Å². The molecule has 0 bridgehead atoms. The SMILES string of the molecule is O=C(Nc1ccc2oc(=O)[nH]c2c1)c1ccc(I)c(Cl)c1. The van der Waals surface area contributed by atoms with Crippen LogP contribution in [0.25, 0.3) is 11.1 Å². The first kappa shape index (κ1) is 14.2. The molecule has 0 aliphatic carbocycles. The molecule has 5 nitrogen and oxygen atoms in total. The average Bonchev–Trinajstić information content (AvgIpc) is 2.81. The first-order chi connectivity index (χ1) is 10.0. The van der Waals surface area contributed by atoms with Crippen LogP contribution in [-0.2, 0) is 0 Å². The van der Waals surface area contributed by atoms with Gasteiger partial charge in [0, 0.05) is 14.8 Å². The van der Waals surface area contributed by atoms with Gasteiger partial charge in [-0.25, -0.2) is 4.79 Å². The van der Waals surface area contributed by atoms with E-state index in [0.717, 1.165) is 3.57 Å². The summed E-state index contributed by atoms with van der Waals surface area (Å²) in [4.78, 5) is 25.8. The van der Waals surface area contributed by atoms with Crippen molar-refractivity contribution in [3.8, 4) is 0 Å². The second-order valence-corrected chi connectivity index (χ2v) is 5.88.